The summed E-state index contributed by atoms with van der Waals surface area (Å²) in [7, 11) is 0. The second-order valence-electron chi connectivity index (χ2n) is 3.25. The summed E-state index contributed by atoms with van der Waals surface area (Å²) < 4.78 is 5.38. The van der Waals surface area contributed by atoms with Crippen LogP contribution < -0.4 is 4.74 Å². The lowest BCUT2D eigenvalue weighted by atomic mass is 10.3. The van der Waals surface area contributed by atoms with Crippen LogP contribution in [0.1, 0.15) is 13.3 Å². The summed E-state index contributed by atoms with van der Waals surface area (Å²) in [6.45, 7) is 2.43. The third kappa shape index (κ3) is 4.09. The van der Waals surface area contributed by atoms with E-state index in [1.165, 1.54) is 11.8 Å². The summed E-state index contributed by atoms with van der Waals surface area (Å²) in [5, 5.41) is 11.0. The van der Waals surface area contributed by atoms with Crippen molar-refractivity contribution < 1.29 is 9.66 Å². The zero-order valence-electron chi connectivity index (χ0n) is 9.52. The average molecular weight is 276 g/mol. The number of nitro benzene ring substituents is 1. The third-order valence-corrected chi connectivity index (χ3v) is 3.40. The van der Waals surface area contributed by atoms with Crippen molar-refractivity contribution in [3.8, 4) is 5.75 Å². The maximum atomic E-state index is 11.0. The number of halogens is 1. The molecule has 0 atom stereocenters. The van der Waals surface area contributed by atoms with E-state index < -0.39 is 4.92 Å². The standard InChI is InChI=1S/C11H14ClNO3S/c1-2-7-16-9-4-3-5-10(17-8-6-12)11(9)13(14)15/h3-5H,2,6-8H2,1H3. The lowest BCUT2D eigenvalue weighted by Crippen LogP contribution is -2.00. The number of hydrogen-bond donors (Lipinski definition) is 0. The molecule has 0 N–H and O–H groups in total. The molecule has 4 nitrogen and oxygen atoms in total. The molecule has 17 heavy (non-hydrogen) atoms. The van der Waals surface area contributed by atoms with Crippen molar-refractivity contribution in [1.29, 1.82) is 0 Å². The normalized spacial score (nSPS) is 10.2. The van der Waals surface area contributed by atoms with Gasteiger partial charge in [-0.15, -0.1) is 23.4 Å². The van der Waals surface area contributed by atoms with Gasteiger partial charge in [0.2, 0.25) is 0 Å². The SMILES string of the molecule is CCCOc1cccc(SCCCl)c1[N+](=O)[O-]. The number of alkyl halides is 1. The molecule has 1 aromatic carbocycles. The zero-order valence-corrected chi connectivity index (χ0v) is 11.1. The molecule has 1 aromatic rings. The molecule has 0 aliphatic rings. The molecule has 0 bridgehead atoms. The first-order chi connectivity index (χ1) is 8.20. The fraction of sp³-hybridized carbons (Fsp3) is 0.455. The summed E-state index contributed by atoms with van der Waals surface area (Å²) >= 11 is 6.95. The summed E-state index contributed by atoms with van der Waals surface area (Å²) in [4.78, 5) is 11.2. The first kappa shape index (κ1) is 14.1. The monoisotopic (exact) mass is 275 g/mol. The van der Waals surface area contributed by atoms with Gasteiger partial charge in [-0.25, -0.2) is 0 Å². The first-order valence-corrected chi connectivity index (χ1v) is 6.81. The van der Waals surface area contributed by atoms with Crippen molar-refractivity contribution in [2.45, 2.75) is 18.2 Å². The highest BCUT2D eigenvalue weighted by Crippen LogP contribution is 2.37. The maximum Gasteiger partial charge on any atom is 0.324 e. The van der Waals surface area contributed by atoms with Crippen molar-refractivity contribution >= 4 is 29.1 Å². The van der Waals surface area contributed by atoms with Crippen molar-refractivity contribution in [3.63, 3.8) is 0 Å². The Hall–Kier alpha value is -0.940. The second kappa shape index (κ2) is 7.40. The van der Waals surface area contributed by atoms with Crippen molar-refractivity contribution in [2.75, 3.05) is 18.2 Å². The van der Waals surface area contributed by atoms with Crippen LogP contribution in [0.15, 0.2) is 23.1 Å². The van der Waals surface area contributed by atoms with E-state index in [4.69, 9.17) is 16.3 Å². The van der Waals surface area contributed by atoms with Crippen LogP contribution >= 0.6 is 23.4 Å². The largest absolute Gasteiger partial charge is 0.487 e. The molecule has 0 aliphatic carbocycles. The van der Waals surface area contributed by atoms with Crippen LogP contribution in [0.5, 0.6) is 5.75 Å². The molecule has 0 heterocycles. The highest BCUT2D eigenvalue weighted by Gasteiger charge is 2.20. The molecule has 0 saturated carbocycles. The molecule has 0 fully saturated rings. The van der Waals surface area contributed by atoms with Crippen molar-refractivity contribution in [1.82, 2.24) is 0 Å². The molecule has 94 valence electrons. The molecular formula is C11H14ClNO3S. The fourth-order valence-corrected chi connectivity index (χ4v) is 2.29. The number of nitro groups is 1. The minimum absolute atomic E-state index is 0.0380. The van der Waals surface area contributed by atoms with E-state index in [-0.39, 0.29) is 5.69 Å². The molecule has 0 amide bonds. The predicted octanol–water partition coefficient (Wildman–Crippen LogP) is 3.71. The highest BCUT2D eigenvalue weighted by molar-refractivity contribution is 7.99. The van der Waals surface area contributed by atoms with E-state index in [1.807, 2.05) is 6.92 Å². The Kier molecular flexibility index (Phi) is 6.15. The van der Waals surface area contributed by atoms with Crippen LogP contribution in [-0.2, 0) is 0 Å². The summed E-state index contributed by atoms with van der Waals surface area (Å²) in [5.74, 6) is 1.43. The van der Waals surface area contributed by atoms with Crippen LogP contribution in [0.3, 0.4) is 0 Å². The van der Waals surface area contributed by atoms with Crippen LogP contribution in [-0.4, -0.2) is 23.2 Å². The second-order valence-corrected chi connectivity index (χ2v) is 4.76. The zero-order chi connectivity index (χ0) is 12.7. The highest BCUT2D eigenvalue weighted by atomic mass is 35.5. The summed E-state index contributed by atoms with van der Waals surface area (Å²) in [6.07, 6.45) is 0.816. The van der Waals surface area contributed by atoms with Gasteiger partial charge in [0, 0.05) is 11.6 Å². The first-order valence-electron chi connectivity index (χ1n) is 5.29. The van der Waals surface area contributed by atoms with Gasteiger partial charge in [-0.1, -0.05) is 13.0 Å². The van der Waals surface area contributed by atoms with Gasteiger partial charge in [0.25, 0.3) is 0 Å². The van der Waals surface area contributed by atoms with E-state index >= 15 is 0 Å². The molecule has 0 aromatic heterocycles. The van der Waals surface area contributed by atoms with Gasteiger partial charge in [0.05, 0.1) is 16.4 Å². The minimum Gasteiger partial charge on any atom is -0.487 e. The van der Waals surface area contributed by atoms with Crippen LogP contribution in [0, 0.1) is 10.1 Å². The third-order valence-electron chi connectivity index (χ3n) is 1.94. The van der Waals surface area contributed by atoms with Gasteiger partial charge in [-0.2, -0.15) is 0 Å². The Labute approximate surface area is 109 Å². The molecule has 0 radical (unpaired) electrons. The number of rotatable bonds is 7. The topological polar surface area (TPSA) is 52.4 Å². The quantitative estimate of drug-likeness (QED) is 0.329. The Morgan fingerprint density at radius 2 is 2.29 bits per heavy atom. The average Bonchev–Trinajstić information content (AvgIpc) is 2.33. The summed E-state index contributed by atoms with van der Waals surface area (Å²) in [5.41, 5.74) is 0.0380. The number of hydrogen-bond acceptors (Lipinski definition) is 4. The van der Waals surface area contributed by atoms with E-state index in [9.17, 15) is 10.1 Å². The Morgan fingerprint density at radius 1 is 1.53 bits per heavy atom. The molecule has 6 heteroatoms. The van der Waals surface area contributed by atoms with E-state index in [0.717, 1.165) is 6.42 Å². The Morgan fingerprint density at radius 3 is 2.88 bits per heavy atom. The number of para-hydroxylation sites is 1. The minimum atomic E-state index is -0.401. The predicted molar refractivity (Wildman–Crippen MR) is 70.3 cm³/mol. The molecule has 0 saturated heterocycles. The van der Waals surface area contributed by atoms with Crippen LogP contribution in [0.4, 0.5) is 5.69 Å². The molecule has 0 unspecified atom stereocenters. The van der Waals surface area contributed by atoms with Crippen LogP contribution in [0.2, 0.25) is 0 Å². The molecule has 0 spiro atoms. The smallest absolute Gasteiger partial charge is 0.324 e. The van der Waals surface area contributed by atoms with E-state index in [2.05, 4.69) is 0 Å². The van der Waals surface area contributed by atoms with Gasteiger partial charge >= 0.3 is 5.69 Å². The van der Waals surface area contributed by atoms with Crippen molar-refractivity contribution in [2.24, 2.45) is 0 Å². The maximum absolute atomic E-state index is 11.0. The Bertz CT molecular complexity index is 361. The molecule has 1 rings (SSSR count). The van der Waals surface area contributed by atoms with Gasteiger partial charge in [-0.05, 0) is 18.6 Å². The van der Waals surface area contributed by atoms with Gasteiger partial charge < -0.3 is 4.74 Å². The van der Waals surface area contributed by atoms with Crippen molar-refractivity contribution in [3.05, 3.63) is 28.3 Å². The number of nitrogens with zero attached hydrogens (tertiary/aromatic N) is 1. The molecular weight excluding hydrogens is 262 g/mol. The molecule has 0 aliphatic heterocycles. The number of thioether (sulfide) groups is 1. The van der Waals surface area contributed by atoms with Crippen LogP contribution in [0.25, 0.3) is 0 Å². The van der Waals surface area contributed by atoms with Gasteiger partial charge in [-0.3, -0.25) is 10.1 Å². The van der Waals surface area contributed by atoms with Gasteiger partial charge in [0.1, 0.15) is 0 Å². The van der Waals surface area contributed by atoms with Gasteiger partial charge in [0.15, 0.2) is 5.75 Å². The van der Waals surface area contributed by atoms with E-state index in [0.29, 0.717) is 28.9 Å². The summed E-state index contributed by atoms with van der Waals surface area (Å²) in [6, 6.07) is 5.10. The number of ether oxygens (including phenoxy) is 1. The Balaban J connectivity index is 2.99. The lowest BCUT2D eigenvalue weighted by molar-refractivity contribution is -0.388. The van der Waals surface area contributed by atoms with E-state index in [1.54, 1.807) is 18.2 Å². The number of benzene rings is 1. The fourth-order valence-electron chi connectivity index (χ4n) is 1.28. The lowest BCUT2D eigenvalue weighted by Gasteiger charge is -2.08.